The SMILES string of the molecule is CC[N+](C)(C)C(COCCOC)C1C=C(C)OSN1. The highest BCUT2D eigenvalue weighted by Crippen LogP contribution is 2.22. The Balaban J connectivity index is 2.66. The van der Waals surface area contributed by atoms with Crippen molar-refractivity contribution in [1.82, 2.24) is 4.72 Å². The Bertz CT molecular complexity index is 298. The molecule has 1 heterocycles. The predicted molar refractivity (Wildman–Crippen MR) is 78.5 cm³/mol. The minimum atomic E-state index is 0.247. The van der Waals surface area contributed by atoms with Crippen LogP contribution in [0.4, 0.5) is 0 Å². The van der Waals surface area contributed by atoms with Gasteiger partial charge in [0.25, 0.3) is 0 Å². The van der Waals surface area contributed by atoms with E-state index in [4.69, 9.17) is 13.7 Å². The molecule has 0 aromatic heterocycles. The van der Waals surface area contributed by atoms with E-state index in [0.717, 1.165) is 16.8 Å². The summed E-state index contributed by atoms with van der Waals surface area (Å²) in [5, 5.41) is 0. The highest BCUT2D eigenvalue weighted by atomic mass is 32.2. The molecule has 0 bridgehead atoms. The summed E-state index contributed by atoms with van der Waals surface area (Å²) in [5.74, 6) is 0.951. The van der Waals surface area contributed by atoms with Crippen molar-refractivity contribution in [3.05, 3.63) is 11.8 Å². The Morgan fingerprint density at radius 3 is 2.79 bits per heavy atom. The van der Waals surface area contributed by atoms with Gasteiger partial charge in [-0.2, -0.15) is 0 Å². The van der Waals surface area contributed by atoms with Gasteiger partial charge in [-0.15, -0.1) is 0 Å². The molecule has 1 rings (SSSR count). The smallest absolute Gasteiger partial charge is 0.144 e. The van der Waals surface area contributed by atoms with E-state index in [9.17, 15) is 0 Å². The molecular weight excluding hydrogens is 264 g/mol. The third kappa shape index (κ3) is 5.31. The largest absolute Gasteiger partial charge is 0.415 e. The molecule has 2 atom stereocenters. The molecule has 19 heavy (non-hydrogen) atoms. The van der Waals surface area contributed by atoms with Gasteiger partial charge >= 0.3 is 0 Å². The molecule has 5 nitrogen and oxygen atoms in total. The van der Waals surface area contributed by atoms with Crippen molar-refractivity contribution in [3.8, 4) is 0 Å². The average molecular weight is 291 g/mol. The molecule has 0 aromatic rings. The fourth-order valence-electron chi connectivity index (χ4n) is 1.97. The molecule has 0 fully saturated rings. The number of quaternary nitrogens is 1. The number of methoxy groups -OCH3 is 1. The maximum absolute atomic E-state index is 5.75. The van der Waals surface area contributed by atoms with Crippen LogP contribution in [0.2, 0.25) is 0 Å². The Labute approximate surface area is 121 Å². The maximum Gasteiger partial charge on any atom is 0.144 e. The van der Waals surface area contributed by atoms with Crippen LogP contribution in [0.1, 0.15) is 13.8 Å². The molecule has 0 aromatic carbocycles. The van der Waals surface area contributed by atoms with Crippen LogP contribution in [0.25, 0.3) is 0 Å². The van der Waals surface area contributed by atoms with Gasteiger partial charge in [0.05, 0.1) is 39.9 Å². The van der Waals surface area contributed by atoms with E-state index in [1.807, 2.05) is 6.92 Å². The van der Waals surface area contributed by atoms with Gasteiger partial charge in [0.2, 0.25) is 0 Å². The van der Waals surface area contributed by atoms with Crippen LogP contribution in [0.15, 0.2) is 11.8 Å². The van der Waals surface area contributed by atoms with E-state index in [2.05, 4.69) is 31.8 Å². The number of rotatable bonds is 8. The Kier molecular flexibility index (Phi) is 7.17. The molecule has 6 heteroatoms. The lowest BCUT2D eigenvalue weighted by atomic mass is 10.1. The van der Waals surface area contributed by atoms with Gasteiger partial charge in [0, 0.05) is 7.11 Å². The van der Waals surface area contributed by atoms with Crippen LogP contribution in [-0.2, 0) is 13.7 Å². The van der Waals surface area contributed by atoms with E-state index in [1.54, 1.807) is 7.11 Å². The molecule has 0 amide bonds. The second kappa shape index (κ2) is 8.11. The van der Waals surface area contributed by atoms with Crippen LogP contribution in [-0.4, -0.2) is 64.1 Å². The molecule has 2 unspecified atom stereocenters. The van der Waals surface area contributed by atoms with Gasteiger partial charge in [0.15, 0.2) is 0 Å². The van der Waals surface area contributed by atoms with Crippen molar-refractivity contribution in [2.75, 3.05) is 47.6 Å². The quantitative estimate of drug-likeness (QED) is 0.318. The number of ether oxygens (including phenoxy) is 2. The molecule has 1 N–H and O–H groups in total. The Morgan fingerprint density at radius 2 is 2.21 bits per heavy atom. The molecule has 1 aliphatic heterocycles. The third-order valence-corrected chi connectivity index (χ3v) is 4.33. The number of likely N-dealkylation sites (N-methyl/N-ethyl adjacent to an activating group) is 1. The lowest BCUT2D eigenvalue weighted by Crippen LogP contribution is -2.59. The van der Waals surface area contributed by atoms with Crippen LogP contribution in [0.3, 0.4) is 0 Å². The first-order valence-electron chi connectivity index (χ1n) is 6.68. The Morgan fingerprint density at radius 1 is 1.47 bits per heavy atom. The Hall–Kier alpha value is -0.270. The monoisotopic (exact) mass is 291 g/mol. The van der Waals surface area contributed by atoms with Crippen LogP contribution >= 0.6 is 12.2 Å². The molecule has 0 saturated carbocycles. The fraction of sp³-hybridized carbons (Fsp3) is 0.846. The molecule has 0 aliphatic carbocycles. The molecule has 0 spiro atoms. The second-order valence-electron chi connectivity index (χ2n) is 5.32. The zero-order valence-corrected chi connectivity index (χ0v) is 13.5. The van der Waals surface area contributed by atoms with Crippen molar-refractivity contribution < 1.29 is 18.1 Å². The van der Waals surface area contributed by atoms with E-state index >= 15 is 0 Å². The summed E-state index contributed by atoms with van der Waals surface area (Å²) in [5.41, 5.74) is 0. The number of hydrogen-bond donors (Lipinski definition) is 1. The van der Waals surface area contributed by atoms with E-state index in [1.165, 1.54) is 12.2 Å². The average Bonchev–Trinajstić information content (AvgIpc) is 2.38. The zero-order valence-electron chi connectivity index (χ0n) is 12.6. The van der Waals surface area contributed by atoms with E-state index in [-0.39, 0.29) is 6.04 Å². The van der Waals surface area contributed by atoms with Gasteiger partial charge in [-0.05, 0) is 19.9 Å². The number of nitrogens with one attached hydrogen (secondary N) is 1. The predicted octanol–water partition coefficient (Wildman–Crippen LogP) is 1.57. The highest BCUT2D eigenvalue weighted by molar-refractivity contribution is 7.92. The zero-order chi connectivity index (χ0) is 14.3. The topological polar surface area (TPSA) is 39.7 Å². The number of nitrogens with zero attached hydrogens (tertiary/aromatic N) is 1. The second-order valence-corrected chi connectivity index (χ2v) is 5.89. The van der Waals surface area contributed by atoms with Gasteiger partial charge in [-0.3, -0.25) is 0 Å². The lowest BCUT2D eigenvalue weighted by Gasteiger charge is -2.41. The molecular formula is C13H27N2O3S+. The minimum Gasteiger partial charge on any atom is -0.415 e. The van der Waals surface area contributed by atoms with Crippen molar-refractivity contribution in [1.29, 1.82) is 0 Å². The first-order chi connectivity index (χ1) is 9.01. The first-order valence-corrected chi connectivity index (χ1v) is 7.42. The number of hydrogen-bond acceptors (Lipinski definition) is 5. The summed E-state index contributed by atoms with van der Waals surface area (Å²) < 4.78 is 20.3. The molecule has 0 saturated heterocycles. The summed E-state index contributed by atoms with van der Waals surface area (Å²) in [4.78, 5) is 0. The van der Waals surface area contributed by atoms with Gasteiger partial charge in [-0.1, -0.05) is 0 Å². The van der Waals surface area contributed by atoms with Crippen molar-refractivity contribution in [3.63, 3.8) is 0 Å². The molecule has 1 aliphatic rings. The highest BCUT2D eigenvalue weighted by Gasteiger charge is 2.35. The van der Waals surface area contributed by atoms with Crippen molar-refractivity contribution in [2.24, 2.45) is 0 Å². The summed E-state index contributed by atoms with van der Waals surface area (Å²) >= 11 is 1.30. The normalized spacial score (nSPS) is 21.7. The first kappa shape index (κ1) is 16.8. The molecule has 112 valence electrons. The van der Waals surface area contributed by atoms with E-state index < -0.39 is 0 Å². The summed E-state index contributed by atoms with van der Waals surface area (Å²) in [6.07, 6.45) is 2.14. The summed E-state index contributed by atoms with van der Waals surface area (Å²) in [6, 6.07) is 0.587. The molecule has 0 radical (unpaired) electrons. The fourth-order valence-corrected chi connectivity index (χ4v) is 2.54. The summed E-state index contributed by atoms with van der Waals surface area (Å²) in [6.45, 7) is 7.20. The van der Waals surface area contributed by atoms with Crippen molar-refractivity contribution in [2.45, 2.75) is 25.9 Å². The lowest BCUT2D eigenvalue weighted by molar-refractivity contribution is -0.914. The van der Waals surface area contributed by atoms with Crippen LogP contribution in [0, 0.1) is 0 Å². The van der Waals surface area contributed by atoms with Crippen LogP contribution in [0.5, 0.6) is 0 Å². The van der Waals surface area contributed by atoms with Gasteiger partial charge in [0.1, 0.15) is 30.6 Å². The minimum absolute atomic E-state index is 0.247. The maximum atomic E-state index is 5.75. The number of allylic oxidation sites excluding steroid dienone is 1. The van der Waals surface area contributed by atoms with Crippen LogP contribution < -0.4 is 4.72 Å². The van der Waals surface area contributed by atoms with Crippen molar-refractivity contribution >= 4 is 12.2 Å². The third-order valence-electron chi connectivity index (χ3n) is 3.62. The van der Waals surface area contributed by atoms with E-state index in [0.29, 0.717) is 25.9 Å². The summed E-state index contributed by atoms with van der Waals surface area (Å²) in [7, 11) is 6.15. The van der Waals surface area contributed by atoms with Gasteiger partial charge in [-0.25, -0.2) is 4.72 Å². The standard InChI is InChI=1S/C13H27N2O3S/c1-6-15(3,4)13(10-17-8-7-16-5)12-9-11(2)18-19-14-12/h9,12-14H,6-8,10H2,1-5H3/q+1. The van der Waals surface area contributed by atoms with Gasteiger partial charge < -0.3 is 18.1 Å².